The first-order valence-corrected chi connectivity index (χ1v) is 9.35. The zero-order valence-corrected chi connectivity index (χ0v) is 14.7. The van der Waals surface area contributed by atoms with Crippen molar-refractivity contribution in [2.75, 3.05) is 16.8 Å². The van der Waals surface area contributed by atoms with Crippen LogP contribution in [0.25, 0.3) is 0 Å². The Morgan fingerprint density at radius 3 is 2.92 bits per heavy atom. The lowest BCUT2D eigenvalue weighted by molar-refractivity contribution is -0.116. The standard InChI is InChI=1S/C19H22N2O2S/c1-2-3-8-18(22)20-15-9-10-16-14(13-15)6-4-11-21(16)19(23)17-7-5-12-24-17/h5,7,9-10,12-13H,2-4,6,8,11H2,1H3,(H,20,22). The first kappa shape index (κ1) is 16.7. The van der Waals surface area contributed by atoms with Crippen molar-refractivity contribution in [3.8, 4) is 0 Å². The molecular weight excluding hydrogens is 320 g/mol. The molecule has 0 radical (unpaired) electrons. The Kier molecular flexibility index (Phi) is 5.30. The van der Waals surface area contributed by atoms with Crippen LogP contribution < -0.4 is 10.2 Å². The summed E-state index contributed by atoms with van der Waals surface area (Å²) in [7, 11) is 0. The third kappa shape index (κ3) is 3.67. The smallest absolute Gasteiger partial charge is 0.268 e. The van der Waals surface area contributed by atoms with E-state index >= 15 is 0 Å². The number of rotatable bonds is 5. The lowest BCUT2D eigenvalue weighted by atomic mass is 10.0. The van der Waals surface area contributed by atoms with Gasteiger partial charge in [-0.3, -0.25) is 9.59 Å². The van der Waals surface area contributed by atoms with Gasteiger partial charge in [0.25, 0.3) is 5.91 Å². The molecule has 0 unspecified atom stereocenters. The van der Waals surface area contributed by atoms with Gasteiger partial charge in [0, 0.05) is 24.3 Å². The summed E-state index contributed by atoms with van der Waals surface area (Å²) in [5.41, 5.74) is 2.91. The fourth-order valence-corrected chi connectivity index (χ4v) is 3.65. The predicted octanol–water partition coefficient (Wildman–Crippen LogP) is 4.47. The highest BCUT2D eigenvalue weighted by Crippen LogP contribution is 2.31. The monoisotopic (exact) mass is 342 g/mol. The van der Waals surface area contributed by atoms with E-state index in [2.05, 4.69) is 12.2 Å². The van der Waals surface area contributed by atoms with Crippen LogP contribution in [-0.2, 0) is 11.2 Å². The molecule has 0 aliphatic carbocycles. The van der Waals surface area contributed by atoms with Crippen LogP contribution in [0, 0.1) is 0 Å². The summed E-state index contributed by atoms with van der Waals surface area (Å²) in [4.78, 5) is 27.2. The molecule has 1 aliphatic rings. The number of aryl methyl sites for hydroxylation is 1. The lowest BCUT2D eigenvalue weighted by Gasteiger charge is -2.29. The Hall–Kier alpha value is -2.14. The Balaban J connectivity index is 1.77. The SMILES string of the molecule is CCCCC(=O)Nc1ccc2c(c1)CCCN2C(=O)c1cccs1. The Morgan fingerprint density at radius 1 is 1.29 bits per heavy atom. The molecule has 1 aromatic heterocycles. The first-order chi connectivity index (χ1) is 11.7. The van der Waals surface area contributed by atoms with Gasteiger partial charge in [-0.05, 0) is 54.5 Å². The lowest BCUT2D eigenvalue weighted by Crippen LogP contribution is -2.35. The maximum Gasteiger partial charge on any atom is 0.268 e. The molecule has 4 nitrogen and oxygen atoms in total. The van der Waals surface area contributed by atoms with E-state index in [1.54, 1.807) is 0 Å². The summed E-state index contributed by atoms with van der Waals surface area (Å²) in [6.45, 7) is 2.82. The van der Waals surface area contributed by atoms with Crippen LogP contribution in [0.5, 0.6) is 0 Å². The average Bonchev–Trinajstić information content (AvgIpc) is 3.13. The minimum Gasteiger partial charge on any atom is -0.326 e. The highest BCUT2D eigenvalue weighted by molar-refractivity contribution is 7.12. The Labute approximate surface area is 146 Å². The molecule has 1 aromatic carbocycles. The number of carbonyl (C=O) groups is 2. The van der Waals surface area contributed by atoms with Crippen LogP contribution >= 0.6 is 11.3 Å². The zero-order chi connectivity index (χ0) is 16.9. The van der Waals surface area contributed by atoms with Crippen LogP contribution in [0.2, 0.25) is 0 Å². The number of carbonyl (C=O) groups excluding carboxylic acids is 2. The van der Waals surface area contributed by atoms with E-state index in [4.69, 9.17) is 0 Å². The third-order valence-electron chi connectivity index (χ3n) is 4.22. The molecule has 0 bridgehead atoms. The first-order valence-electron chi connectivity index (χ1n) is 8.47. The molecule has 2 aromatic rings. The van der Waals surface area contributed by atoms with Gasteiger partial charge in [0.2, 0.25) is 5.91 Å². The van der Waals surface area contributed by atoms with Gasteiger partial charge in [-0.25, -0.2) is 0 Å². The average molecular weight is 342 g/mol. The summed E-state index contributed by atoms with van der Waals surface area (Å²) in [5, 5.41) is 4.88. The van der Waals surface area contributed by atoms with Gasteiger partial charge in [0.15, 0.2) is 0 Å². The summed E-state index contributed by atoms with van der Waals surface area (Å²) >= 11 is 1.47. The maximum absolute atomic E-state index is 12.7. The van der Waals surface area contributed by atoms with E-state index in [-0.39, 0.29) is 11.8 Å². The van der Waals surface area contributed by atoms with Gasteiger partial charge in [-0.15, -0.1) is 11.3 Å². The predicted molar refractivity (Wildman–Crippen MR) is 98.9 cm³/mol. The topological polar surface area (TPSA) is 49.4 Å². The largest absolute Gasteiger partial charge is 0.326 e. The minimum atomic E-state index is 0.0547. The number of nitrogens with zero attached hydrogens (tertiary/aromatic N) is 1. The van der Waals surface area contributed by atoms with Crippen molar-refractivity contribution in [1.82, 2.24) is 0 Å². The van der Waals surface area contributed by atoms with Crippen LogP contribution in [0.4, 0.5) is 11.4 Å². The molecule has 1 aliphatic heterocycles. The molecule has 126 valence electrons. The summed E-state index contributed by atoms with van der Waals surface area (Å²) in [6.07, 6.45) is 4.34. The fraction of sp³-hybridized carbons (Fsp3) is 0.368. The van der Waals surface area contributed by atoms with Crippen LogP contribution in [0.3, 0.4) is 0 Å². The number of hydrogen-bond donors (Lipinski definition) is 1. The molecule has 1 N–H and O–H groups in total. The van der Waals surface area contributed by atoms with Gasteiger partial charge in [0.05, 0.1) is 4.88 Å². The van der Waals surface area contributed by atoms with Crippen molar-refractivity contribution in [3.05, 3.63) is 46.2 Å². The van der Waals surface area contributed by atoms with Crippen molar-refractivity contribution in [1.29, 1.82) is 0 Å². The Bertz CT molecular complexity index is 725. The van der Waals surface area contributed by atoms with Crippen molar-refractivity contribution < 1.29 is 9.59 Å². The second-order valence-corrected chi connectivity index (χ2v) is 6.98. The van der Waals surface area contributed by atoms with E-state index in [9.17, 15) is 9.59 Å². The highest BCUT2D eigenvalue weighted by atomic mass is 32.1. The van der Waals surface area contributed by atoms with E-state index < -0.39 is 0 Å². The molecule has 24 heavy (non-hydrogen) atoms. The molecule has 3 rings (SSSR count). The molecule has 0 atom stereocenters. The van der Waals surface area contributed by atoms with E-state index in [1.165, 1.54) is 11.3 Å². The van der Waals surface area contributed by atoms with Crippen LogP contribution in [0.15, 0.2) is 35.7 Å². The minimum absolute atomic E-state index is 0.0547. The van der Waals surface area contributed by atoms with Gasteiger partial charge < -0.3 is 10.2 Å². The van der Waals surface area contributed by atoms with Gasteiger partial charge >= 0.3 is 0 Å². The number of nitrogens with one attached hydrogen (secondary N) is 1. The van der Waals surface area contributed by atoms with Gasteiger partial charge in [-0.2, -0.15) is 0 Å². The molecule has 2 heterocycles. The molecule has 2 amide bonds. The molecule has 0 saturated carbocycles. The number of anilines is 2. The summed E-state index contributed by atoms with van der Waals surface area (Å²) in [6, 6.07) is 9.62. The molecular formula is C19H22N2O2S. The van der Waals surface area contributed by atoms with E-state index in [0.29, 0.717) is 6.42 Å². The second-order valence-electron chi connectivity index (χ2n) is 6.03. The molecule has 5 heteroatoms. The number of hydrogen-bond acceptors (Lipinski definition) is 3. The molecule has 0 fully saturated rings. The molecule has 0 saturated heterocycles. The van der Waals surface area contributed by atoms with Crippen molar-refractivity contribution in [2.24, 2.45) is 0 Å². The van der Waals surface area contributed by atoms with Crippen LogP contribution in [0.1, 0.15) is 47.8 Å². The van der Waals surface area contributed by atoms with Crippen LogP contribution in [-0.4, -0.2) is 18.4 Å². The third-order valence-corrected chi connectivity index (χ3v) is 5.07. The van der Waals surface area contributed by atoms with Crippen molar-refractivity contribution in [2.45, 2.75) is 39.0 Å². The number of fused-ring (bicyclic) bond motifs is 1. The zero-order valence-electron chi connectivity index (χ0n) is 13.9. The van der Waals surface area contributed by atoms with Gasteiger partial charge in [0.1, 0.15) is 0 Å². The quantitative estimate of drug-likeness (QED) is 0.871. The normalized spacial score (nSPS) is 13.5. The summed E-state index contributed by atoms with van der Waals surface area (Å²) < 4.78 is 0. The summed E-state index contributed by atoms with van der Waals surface area (Å²) in [5.74, 6) is 0.116. The molecule has 0 spiro atoms. The van der Waals surface area contributed by atoms with Gasteiger partial charge in [-0.1, -0.05) is 19.4 Å². The van der Waals surface area contributed by atoms with Crippen molar-refractivity contribution >= 4 is 34.5 Å². The second kappa shape index (κ2) is 7.62. The Morgan fingerprint density at radius 2 is 2.17 bits per heavy atom. The number of unbranched alkanes of at least 4 members (excludes halogenated alkanes) is 1. The van der Waals surface area contributed by atoms with E-state index in [0.717, 1.165) is 54.0 Å². The van der Waals surface area contributed by atoms with Crippen molar-refractivity contribution in [3.63, 3.8) is 0 Å². The number of amides is 2. The number of thiophene rings is 1. The number of benzene rings is 1. The fourth-order valence-electron chi connectivity index (χ4n) is 2.98. The van der Waals surface area contributed by atoms with E-state index in [1.807, 2.05) is 40.6 Å². The maximum atomic E-state index is 12.7. The highest BCUT2D eigenvalue weighted by Gasteiger charge is 2.24.